The molecule has 1 fully saturated rings. The van der Waals surface area contributed by atoms with Gasteiger partial charge in [0.25, 0.3) is 0 Å². The number of morpholine rings is 1. The van der Waals surface area contributed by atoms with Crippen LogP contribution in [0.3, 0.4) is 0 Å². The number of hydrogen-bond acceptors (Lipinski definition) is 4. The van der Waals surface area contributed by atoms with Crippen LogP contribution in [0.4, 0.5) is 5.69 Å². The number of aryl methyl sites for hydroxylation is 1. The van der Waals surface area contributed by atoms with Crippen LogP contribution in [0, 0.1) is 6.92 Å². The molecule has 0 amide bonds. The third-order valence-electron chi connectivity index (χ3n) is 3.60. The van der Waals surface area contributed by atoms with Gasteiger partial charge in [0.05, 0.1) is 13.2 Å². The molecule has 0 aromatic heterocycles. The predicted octanol–water partition coefficient (Wildman–Crippen LogP) is 1.70. The van der Waals surface area contributed by atoms with Gasteiger partial charge in [-0.15, -0.1) is 0 Å². The summed E-state index contributed by atoms with van der Waals surface area (Å²) in [5.74, 6) is -0.805. The van der Waals surface area contributed by atoms with E-state index in [2.05, 4.69) is 23.1 Å². The van der Waals surface area contributed by atoms with Crippen molar-refractivity contribution >= 4 is 11.7 Å². The van der Waals surface area contributed by atoms with Crippen molar-refractivity contribution in [1.29, 1.82) is 0 Å². The fourth-order valence-corrected chi connectivity index (χ4v) is 2.50. The Hall–Kier alpha value is -1.59. The zero-order chi connectivity index (χ0) is 14.5. The van der Waals surface area contributed by atoms with E-state index in [1.165, 1.54) is 0 Å². The van der Waals surface area contributed by atoms with Crippen LogP contribution in [0.5, 0.6) is 0 Å². The normalized spacial score (nSPS) is 17.0. The Labute approximate surface area is 119 Å². The van der Waals surface area contributed by atoms with Gasteiger partial charge in [-0.2, -0.15) is 0 Å². The molecule has 1 unspecified atom stereocenters. The topological polar surface area (TPSA) is 75.8 Å². The van der Waals surface area contributed by atoms with E-state index in [4.69, 9.17) is 15.6 Å². The van der Waals surface area contributed by atoms with Gasteiger partial charge < -0.3 is 20.5 Å². The van der Waals surface area contributed by atoms with Crippen molar-refractivity contribution in [1.82, 2.24) is 0 Å². The van der Waals surface area contributed by atoms with Gasteiger partial charge >= 0.3 is 5.97 Å². The van der Waals surface area contributed by atoms with E-state index >= 15 is 0 Å². The number of benzene rings is 1. The Morgan fingerprint density at radius 1 is 1.45 bits per heavy atom. The molecule has 2 rings (SSSR count). The summed E-state index contributed by atoms with van der Waals surface area (Å²) in [5.41, 5.74) is 9.48. The molecule has 1 aliphatic heterocycles. The first-order valence-electron chi connectivity index (χ1n) is 6.98. The Morgan fingerprint density at radius 3 is 2.80 bits per heavy atom. The quantitative estimate of drug-likeness (QED) is 0.857. The molecule has 0 aliphatic carbocycles. The lowest BCUT2D eigenvalue weighted by atomic mass is 9.98. The molecule has 0 bridgehead atoms. The summed E-state index contributed by atoms with van der Waals surface area (Å²) < 4.78 is 5.37. The van der Waals surface area contributed by atoms with E-state index in [1.54, 1.807) is 0 Å². The van der Waals surface area contributed by atoms with E-state index in [9.17, 15) is 4.79 Å². The van der Waals surface area contributed by atoms with Crippen molar-refractivity contribution in [3.63, 3.8) is 0 Å². The van der Waals surface area contributed by atoms with Gasteiger partial charge in [0.1, 0.15) is 0 Å². The first-order chi connectivity index (χ1) is 9.58. The van der Waals surface area contributed by atoms with E-state index in [1.807, 2.05) is 6.92 Å². The first kappa shape index (κ1) is 14.8. The SMILES string of the molecule is Cc1ccc(N2CCOCC2)c(C(N)CCC(=O)O)c1. The molecule has 1 aromatic rings. The zero-order valence-electron chi connectivity index (χ0n) is 11.8. The number of carbonyl (C=O) groups is 1. The zero-order valence-corrected chi connectivity index (χ0v) is 11.8. The highest BCUT2D eigenvalue weighted by Crippen LogP contribution is 2.29. The predicted molar refractivity (Wildman–Crippen MR) is 78.0 cm³/mol. The van der Waals surface area contributed by atoms with Crippen molar-refractivity contribution in [2.75, 3.05) is 31.2 Å². The van der Waals surface area contributed by atoms with Crippen molar-refractivity contribution in [2.24, 2.45) is 5.73 Å². The monoisotopic (exact) mass is 278 g/mol. The van der Waals surface area contributed by atoms with Gasteiger partial charge in [0.15, 0.2) is 0 Å². The second kappa shape index (κ2) is 6.72. The summed E-state index contributed by atoms with van der Waals surface area (Å²) in [6, 6.07) is 5.97. The molecule has 1 atom stereocenters. The molecule has 5 nitrogen and oxygen atoms in total. The van der Waals surface area contributed by atoms with Gasteiger partial charge in [-0.3, -0.25) is 4.79 Å². The Kier molecular flexibility index (Phi) is 4.98. The number of ether oxygens (including phenoxy) is 1. The number of carboxylic acids is 1. The van der Waals surface area contributed by atoms with Gasteiger partial charge in [-0.05, 0) is 25.0 Å². The van der Waals surface area contributed by atoms with Gasteiger partial charge in [0.2, 0.25) is 0 Å². The van der Waals surface area contributed by atoms with Crippen LogP contribution >= 0.6 is 0 Å². The average Bonchev–Trinajstić information content (AvgIpc) is 2.45. The third-order valence-corrected chi connectivity index (χ3v) is 3.60. The third kappa shape index (κ3) is 3.71. The summed E-state index contributed by atoms with van der Waals surface area (Å²) in [7, 11) is 0. The molecule has 1 aromatic carbocycles. The lowest BCUT2D eigenvalue weighted by Crippen LogP contribution is -2.37. The van der Waals surface area contributed by atoms with Crippen molar-refractivity contribution in [3.05, 3.63) is 29.3 Å². The smallest absolute Gasteiger partial charge is 0.303 e. The van der Waals surface area contributed by atoms with Crippen molar-refractivity contribution in [2.45, 2.75) is 25.8 Å². The lowest BCUT2D eigenvalue weighted by Gasteiger charge is -2.32. The van der Waals surface area contributed by atoms with Crippen LogP contribution in [0.1, 0.15) is 30.0 Å². The summed E-state index contributed by atoms with van der Waals surface area (Å²) in [6.45, 7) is 5.16. The second-order valence-electron chi connectivity index (χ2n) is 5.20. The van der Waals surface area contributed by atoms with Crippen LogP contribution in [-0.2, 0) is 9.53 Å². The lowest BCUT2D eigenvalue weighted by molar-refractivity contribution is -0.137. The molecule has 1 aliphatic rings. The fraction of sp³-hybridized carbons (Fsp3) is 0.533. The number of nitrogens with two attached hydrogens (primary N) is 1. The van der Waals surface area contributed by atoms with Crippen LogP contribution < -0.4 is 10.6 Å². The fourth-order valence-electron chi connectivity index (χ4n) is 2.50. The van der Waals surface area contributed by atoms with E-state index in [0.29, 0.717) is 6.42 Å². The summed E-state index contributed by atoms with van der Waals surface area (Å²) >= 11 is 0. The largest absolute Gasteiger partial charge is 0.481 e. The maximum absolute atomic E-state index is 10.7. The Bertz CT molecular complexity index is 470. The minimum Gasteiger partial charge on any atom is -0.481 e. The maximum Gasteiger partial charge on any atom is 0.303 e. The first-order valence-corrected chi connectivity index (χ1v) is 6.98. The van der Waals surface area contributed by atoms with Gasteiger partial charge in [-0.25, -0.2) is 0 Å². The van der Waals surface area contributed by atoms with Crippen LogP contribution in [0.25, 0.3) is 0 Å². The molecular weight excluding hydrogens is 256 g/mol. The van der Waals surface area contributed by atoms with Gasteiger partial charge in [0, 0.05) is 31.2 Å². The summed E-state index contributed by atoms with van der Waals surface area (Å²) in [5, 5.41) is 8.80. The number of hydrogen-bond donors (Lipinski definition) is 2. The molecule has 110 valence electrons. The minimum atomic E-state index is -0.805. The van der Waals surface area contributed by atoms with E-state index < -0.39 is 5.97 Å². The number of carboxylic acid groups (broad SMARTS) is 1. The minimum absolute atomic E-state index is 0.0949. The van der Waals surface area contributed by atoms with Crippen LogP contribution in [0.2, 0.25) is 0 Å². The van der Waals surface area contributed by atoms with Crippen molar-refractivity contribution < 1.29 is 14.6 Å². The molecule has 0 spiro atoms. The van der Waals surface area contributed by atoms with Gasteiger partial charge in [-0.1, -0.05) is 17.7 Å². The Morgan fingerprint density at radius 2 is 2.15 bits per heavy atom. The molecule has 0 saturated carbocycles. The number of aliphatic carboxylic acids is 1. The van der Waals surface area contributed by atoms with Crippen molar-refractivity contribution in [3.8, 4) is 0 Å². The second-order valence-corrected chi connectivity index (χ2v) is 5.20. The molecule has 1 saturated heterocycles. The highest BCUT2D eigenvalue weighted by Gasteiger charge is 2.19. The Balaban J connectivity index is 2.20. The molecular formula is C15H22N2O3. The van der Waals surface area contributed by atoms with E-state index in [0.717, 1.165) is 43.1 Å². The average molecular weight is 278 g/mol. The van der Waals surface area contributed by atoms with E-state index in [-0.39, 0.29) is 12.5 Å². The molecule has 3 N–H and O–H groups in total. The maximum atomic E-state index is 10.7. The molecule has 0 radical (unpaired) electrons. The number of rotatable bonds is 5. The number of nitrogens with zero attached hydrogens (tertiary/aromatic N) is 1. The highest BCUT2D eigenvalue weighted by atomic mass is 16.5. The molecule has 1 heterocycles. The summed E-state index contributed by atoms with van der Waals surface area (Å²) in [6.07, 6.45) is 0.549. The summed E-state index contributed by atoms with van der Waals surface area (Å²) in [4.78, 5) is 13.0. The van der Waals surface area contributed by atoms with Crippen LogP contribution in [0.15, 0.2) is 18.2 Å². The highest BCUT2D eigenvalue weighted by molar-refractivity contribution is 5.67. The molecule has 20 heavy (non-hydrogen) atoms. The van der Waals surface area contributed by atoms with Crippen LogP contribution in [-0.4, -0.2) is 37.4 Å². The standard InChI is InChI=1S/C15H22N2O3/c1-11-2-4-14(17-6-8-20-9-7-17)12(10-11)13(16)3-5-15(18)19/h2,4,10,13H,3,5-9,16H2,1H3,(H,18,19). The number of anilines is 1. The molecule has 5 heteroatoms.